The average molecular weight is 511 g/mol. The molecular weight excluding hydrogens is 480 g/mol. The first-order chi connectivity index (χ1) is 18.4. The molecule has 3 aromatic carbocycles. The van der Waals surface area contributed by atoms with Gasteiger partial charge >= 0.3 is 5.69 Å². The molecule has 0 aliphatic carbocycles. The van der Waals surface area contributed by atoms with E-state index in [2.05, 4.69) is 36.1 Å². The highest BCUT2D eigenvalue weighted by Crippen LogP contribution is 2.34. The third-order valence-electron chi connectivity index (χ3n) is 7.68. The van der Waals surface area contributed by atoms with E-state index < -0.39 is 6.04 Å². The smallest absolute Gasteiger partial charge is 0.329 e. The summed E-state index contributed by atoms with van der Waals surface area (Å²) in [5, 5.41) is 0. The highest BCUT2D eigenvalue weighted by Gasteiger charge is 2.38. The van der Waals surface area contributed by atoms with Crippen LogP contribution in [0, 0.1) is 6.92 Å². The van der Waals surface area contributed by atoms with Crippen molar-refractivity contribution in [3.05, 3.63) is 93.9 Å². The fourth-order valence-electron chi connectivity index (χ4n) is 5.64. The number of anilines is 1. The molecule has 194 valence electrons. The number of carbonyl (C=O) groups is 2. The van der Waals surface area contributed by atoms with Crippen molar-refractivity contribution in [3.8, 4) is 5.75 Å². The summed E-state index contributed by atoms with van der Waals surface area (Å²) in [6.45, 7) is 4.22. The number of benzene rings is 3. The number of nitrogens with zero attached hydrogens (tertiary/aromatic N) is 4. The number of hydrogen-bond donors (Lipinski definition) is 0. The second-order valence-corrected chi connectivity index (χ2v) is 10.1. The van der Waals surface area contributed by atoms with Crippen molar-refractivity contribution in [2.24, 2.45) is 0 Å². The van der Waals surface area contributed by atoms with Crippen LogP contribution in [0.3, 0.4) is 0 Å². The van der Waals surface area contributed by atoms with Gasteiger partial charge in [-0.15, -0.1) is 0 Å². The van der Waals surface area contributed by atoms with Crippen molar-refractivity contribution >= 4 is 28.5 Å². The molecule has 0 N–H and O–H groups in total. The van der Waals surface area contributed by atoms with Crippen molar-refractivity contribution in [3.63, 3.8) is 0 Å². The maximum atomic E-state index is 13.7. The number of imide groups is 1. The minimum Gasteiger partial charge on any atom is -0.497 e. The Bertz CT molecular complexity index is 1580. The number of carbonyl (C=O) groups excluding carboxylic acids is 2. The molecule has 0 spiro atoms. The summed E-state index contributed by atoms with van der Waals surface area (Å²) in [6, 6.07) is 21.0. The van der Waals surface area contributed by atoms with Crippen LogP contribution < -0.4 is 15.3 Å². The van der Waals surface area contributed by atoms with Crippen LogP contribution >= 0.6 is 0 Å². The first-order valence-electron chi connectivity index (χ1n) is 13.0. The van der Waals surface area contributed by atoms with Crippen molar-refractivity contribution in [1.29, 1.82) is 0 Å². The summed E-state index contributed by atoms with van der Waals surface area (Å²) < 4.78 is 8.61. The average Bonchev–Trinajstić information content (AvgIpc) is 3.22. The summed E-state index contributed by atoms with van der Waals surface area (Å²) in [5.41, 5.74) is 5.63. The van der Waals surface area contributed by atoms with E-state index in [0.29, 0.717) is 25.3 Å². The zero-order chi connectivity index (χ0) is 26.4. The fraction of sp³-hybridized carbons (Fsp3) is 0.300. The van der Waals surface area contributed by atoms with Gasteiger partial charge in [-0.1, -0.05) is 48.0 Å². The van der Waals surface area contributed by atoms with Crippen LogP contribution in [0.1, 0.15) is 35.6 Å². The second-order valence-electron chi connectivity index (χ2n) is 10.1. The molecule has 1 atom stereocenters. The lowest BCUT2D eigenvalue weighted by atomic mass is 10.0. The summed E-state index contributed by atoms with van der Waals surface area (Å²) >= 11 is 0. The normalized spacial score (nSPS) is 17.4. The Hall–Kier alpha value is -4.33. The Morgan fingerprint density at radius 2 is 1.58 bits per heavy atom. The van der Waals surface area contributed by atoms with Gasteiger partial charge in [0.25, 0.3) is 5.91 Å². The molecule has 8 heteroatoms. The molecule has 1 saturated heterocycles. The molecular formula is C30H30N4O4. The number of hydrogen-bond acceptors (Lipinski definition) is 5. The van der Waals surface area contributed by atoms with E-state index in [1.165, 1.54) is 16.0 Å². The van der Waals surface area contributed by atoms with E-state index >= 15 is 0 Å². The number of ether oxygens (including phenoxy) is 1. The zero-order valence-corrected chi connectivity index (χ0v) is 21.6. The molecule has 1 unspecified atom stereocenters. The number of piperidine rings is 1. The number of aromatic nitrogens is 2. The van der Waals surface area contributed by atoms with E-state index in [1.54, 1.807) is 16.2 Å². The van der Waals surface area contributed by atoms with Crippen LogP contribution in [-0.4, -0.2) is 39.5 Å². The van der Waals surface area contributed by atoms with Gasteiger partial charge < -0.3 is 9.64 Å². The van der Waals surface area contributed by atoms with E-state index in [4.69, 9.17) is 4.74 Å². The maximum Gasteiger partial charge on any atom is 0.329 e. The molecule has 2 aliphatic heterocycles. The van der Waals surface area contributed by atoms with Crippen LogP contribution in [0.4, 0.5) is 5.69 Å². The second kappa shape index (κ2) is 9.52. The highest BCUT2D eigenvalue weighted by molar-refractivity contribution is 6.00. The maximum absolute atomic E-state index is 13.7. The Labute approximate surface area is 220 Å². The van der Waals surface area contributed by atoms with Crippen LogP contribution in [0.5, 0.6) is 5.75 Å². The third kappa shape index (κ3) is 4.06. The van der Waals surface area contributed by atoms with E-state index in [9.17, 15) is 14.4 Å². The number of methoxy groups -OCH3 is 1. The lowest BCUT2D eigenvalue weighted by molar-refractivity contribution is -0.151. The van der Waals surface area contributed by atoms with Gasteiger partial charge in [-0.25, -0.2) is 4.79 Å². The minimum absolute atomic E-state index is 0.168. The topological polar surface area (TPSA) is 76.8 Å². The van der Waals surface area contributed by atoms with Gasteiger partial charge in [0.1, 0.15) is 11.8 Å². The predicted octanol–water partition coefficient (Wildman–Crippen LogP) is 4.03. The monoisotopic (exact) mass is 510 g/mol. The SMILES string of the molecule is COc1ccc(CN2C(=O)CCC(n3c(=O)n4c5c(cccc53)N(Cc3ccc(C)cc3)CC4)C2=O)cc1. The van der Waals surface area contributed by atoms with Gasteiger partial charge in [0, 0.05) is 26.1 Å². The molecule has 2 aliphatic rings. The quantitative estimate of drug-likeness (QED) is 0.366. The van der Waals surface area contributed by atoms with Gasteiger partial charge in [0.2, 0.25) is 5.91 Å². The lowest BCUT2D eigenvalue weighted by Crippen LogP contribution is -2.47. The van der Waals surface area contributed by atoms with Crippen molar-refractivity contribution in [2.75, 3.05) is 18.6 Å². The molecule has 6 rings (SSSR count). The molecule has 4 aromatic rings. The van der Waals surface area contributed by atoms with Crippen LogP contribution in [0.25, 0.3) is 11.0 Å². The minimum atomic E-state index is -0.721. The first-order valence-corrected chi connectivity index (χ1v) is 13.0. The highest BCUT2D eigenvalue weighted by atomic mass is 16.5. The van der Waals surface area contributed by atoms with Gasteiger partial charge in [-0.05, 0) is 48.7 Å². The van der Waals surface area contributed by atoms with Crippen molar-refractivity contribution in [2.45, 2.75) is 45.4 Å². The largest absolute Gasteiger partial charge is 0.497 e. The molecule has 0 radical (unpaired) electrons. The fourth-order valence-corrected chi connectivity index (χ4v) is 5.64. The molecule has 38 heavy (non-hydrogen) atoms. The van der Waals surface area contributed by atoms with Gasteiger partial charge in [-0.2, -0.15) is 0 Å². The number of likely N-dealkylation sites (tertiary alicyclic amines) is 1. The number of para-hydroxylation sites is 1. The van der Waals surface area contributed by atoms with E-state index in [0.717, 1.165) is 28.8 Å². The van der Waals surface area contributed by atoms with Crippen LogP contribution in [-0.2, 0) is 29.2 Å². The predicted molar refractivity (Wildman–Crippen MR) is 145 cm³/mol. The van der Waals surface area contributed by atoms with Crippen molar-refractivity contribution in [1.82, 2.24) is 14.0 Å². The van der Waals surface area contributed by atoms with E-state index in [1.807, 2.05) is 42.5 Å². The molecule has 1 fully saturated rings. The molecule has 2 amide bonds. The summed E-state index contributed by atoms with van der Waals surface area (Å²) in [4.78, 5) is 43.8. The Morgan fingerprint density at radius 3 is 2.32 bits per heavy atom. The zero-order valence-electron chi connectivity index (χ0n) is 21.6. The van der Waals surface area contributed by atoms with Gasteiger partial charge in [0.05, 0.1) is 30.4 Å². The van der Waals surface area contributed by atoms with Crippen LogP contribution in [0.2, 0.25) is 0 Å². The van der Waals surface area contributed by atoms with Gasteiger partial charge in [0.15, 0.2) is 0 Å². The van der Waals surface area contributed by atoms with Gasteiger partial charge in [-0.3, -0.25) is 23.6 Å². The summed E-state index contributed by atoms with van der Waals surface area (Å²) in [5.74, 6) is 0.160. The molecule has 0 bridgehead atoms. The van der Waals surface area contributed by atoms with Crippen LogP contribution in [0.15, 0.2) is 71.5 Å². The Morgan fingerprint density at radius 1 is 0.868 bits per heavy atom. The number of rotatable bonds is 6. The molecule has 1 aromatic heterocycles. The number of amides is 2. The standard InChI is InChI=1S/C30H30N4O4/c1-20-6-8-21(9-7-20)18-31-16-17-32-28-24(31)4-3-5-25(28)34(30(32)37)26-14-15-27(35)33(29(26)36)19-22-10-12-23(38-2)13-11-22/h3-13,26H,14-19H2,1-2H3. The summed E-state index contributed by atoms with van der Waals surface area (Å²) in [6.07, 6.45) is 0.526. The lowest BCUT2D eigenvalue weighted by Gasteiger charge is -2.31. The Kier molecular flexibility index (Phi) is 6.02. The third-order valence-corrected chi connectivity index (χ3v) is 7.68. The Balaban J connectivity index is 1.34. The first kappa shape index (κ1) is 24.0. The molecule has 3 heterocycles. The number of aryl methyl sites for hydroxylation is 1. The molecule has 8 nitrogen and oxygen atoms in total. The number of imidazole rings is 1. The van der Waals surface area contributed by atoms with E-state index in [-0.39, 0.29) is 30.5 Å². The van der Waals surface area contributed by atoms with Crippen molar-refractivity contribution < 1.29 is 14.3 Å². The molecule has 0 saturated carbocycles. The summed E-state index contributed by atoms with van der Waals surface area (Å²) in [7, 11) is 1.59.